The smallest absolute Gasteiger partial charge is 0.140 e. The monoisotopic (exact) mass is 285 g/mol. The fourth-order valence-corrected chi connectivity index (χ4v) is 2.48. The van der Waals surface area contributed by atoms with Crippen LogP contribution in [-0.2, 0) is 6.54 Å². The van der Waals surface area contributed by atoms with Crippen LogP contribution < -0.4 is 5.73 Å². The van der Waals surface area contributed by atoms with Gasteiger partial charge in [0.2, 0.25) is 0 Å². The van der Waals surface area contributed by atoms with Gasteiger partial charge in [0.1, 0.15) is 5.84 Å². The first-order valence-corrected chi connectivity index (χ1v) is 7.29. The number of rotatable bonds is 6. The van der Waals surface area contributed by atoms with Crippen LogP contribution in [0.3, 0.4) is 0 Å². The molecule has 2 rings (SSSR count). The molecule has 0 aliphatic heterocycles. The second-order valence-corrected chi connectivity index (χ2v) is 5.54. The van der Waals surface area contributed by atoms with E-state index in [0.717, 1.165) is 13.1 Å². The second kappa shape index (κ2) is 7.09. The Kier molecular flexibility index (Phi) is 5.17. The van der Waals surface area contributed by atoms with Crippen LogP contribution >= 0.6 is 0 Å². The van der Waals surface area contributed by atoms with E-state index in [2.05, 4.69) is 66.4 Å². The molecule has 0 fully saturated rings. The first kappa shape index (κ1) is 15.3. The molecule has 2 aromatic carbocycles. The fourth-order valence-electron chi connectivity index (χ4n) is 2.48. The summed E-state index contributed by atoms with van der Waals surface area (Å²) in [6.07, 6.45) is 0.569. The van der Waals surface area contributed by atoms with Gasteiger partial charge in [0.05, 0.1) is 0 Å². The molecule has 0 unspecified atom stereocenters. The summed E-state index contributed by atoms with van der Waals surface area (Å²) in [4.78, 5) is 2.33. The minimum absolute atomic E-state index is 0.276. The second-order valence-electron chi connectivity index (χ2n) is 5.54. The van der Waals surface area contributed by atoms with Crippen molar-refractivity contribution in [2.24, 2.45) is 10.9 Å². The number of nitrogens with zero attached hydrogens (tertiary/aromatic N) is 2. The summed E-state index contributed by atoms with van der Waals surface area (Å²) < 4.78 is 0. The number of amidine groups is 1. The molecule has 0 aliphatic rings. The molecule has 0 heterocycles. The molecule has 4 heteroatoms. The zero-order chi connectivity index (χ0) is 15.2. The van der Waals surface area contributed by atoms with Crippen LogP contribution in [0.2, 0.25) is 0 Å². The van der Waals surface area contributed by atoms with Gasteiger partial charge in [-0.15, -0.1) is 0 Å². The third kappa shape index (κ3) is 3.95. The third-order valence-corrected chi connectivity index (χ3v) is 3.77. The Hall–Kier alpha value is -2.07. The molecule has 0 radical (unpaired) electrons. The van der Waals surface area contributed by atoms with Crippen molar-refractivity contribution in [1.29, 1.82) is 0 Å². The molecule has 0 spiro atoms. The normalized spacial score (nSPS) is 12.5. The minimum atomic E-state index is 0.276. The number of fused-ring (bicyclic) bond motifs is 1. The highest BCUT2D eigenvalue weighted by Gasteiger charge is 2.12. The maximum absolute atomic E-state index is 8.66. The van der Waals surface area contributed by atoms with Crippen LogP contribution in [0.25, 0.3) is 10.8 Å². The van der Waals surface area contributed by atoms with Crippen LogP contribution in [-0.4, -0.2) is 28.5 Å². The molecular weight excluding hydrogens is 262 g/mol. The van der Waals surface area contributed by atoms with Crippen molar-refractivity contribution in [3.63, 3.8) is 0 Å². The lowest BCUT2D eigenvalue weighted by Gasteiger charge is -2.27. The Morgan fingerprint density at radius 3 is 2.62 bits per heavy atom. The molecule has 0 aliphatic carbocycles. The van der Waals surface area contributed by atoms with Gasteiger partial charge in [-0.1, -0.05) is 47.6 Å². The lowest BCUT2D eigenvalue weighted by atomic mass is 10.0. The van der Waals surface area contributed by atoms with Crippen LogP contribution in [0.15, 0.2) is 47.6 Å². The summed E-state index contributed by atoms with van der Waals surface area (Å²) in [6.45, 7) is 5.96. The number of nitrogens with two attached hydrogens (primary N) is 1. The van der Waals surface area contributed by atoms with E-state index in [1.54, 1.807) is 0 Å². The largest absolute Gasteiger partial charge is 0.409 e. The van der Waals surface area contributed by atoms with Gasteiger partial charge >= 0.3 is 0 Å². The van der Waals surface area contributed by atoms with Crippen molar-refractivity contribution in [1.82, 2.24) is 4.90 Å². The average molecular weight is 285 g/mol. The zero-order valence-corrected chi connectivity index (χ0v) is 12.7. The van der Waals surface area contributed by atoms with Crippen molar-refractivity contribution in [2.45, 2.75) is 32.9 Å². The van der Waals surface area contributed by atoms with E-state index >= 15 is 0 Å². The van der Waals surface area contributed by atoms with Gasteiger partial charge in [0.25, 0.3) is 0 Å². The number of oxime groups is 1. The molecule has 0 amide bonds. The highest BCUT2D eigenvalue weighted by Crippen LogP contribution is 2.20. The molecule has 0 saturated heterocycles. The lowest BCUT2D eigenvalue weighted by Crippen LogP contribution is -2.33. The highest BCUT2D eigenvalue weighted by atomic mass is 16.4. The van der Waals surface area contributed by atoms with Crippen molar-refractivity contribution in [3.05, 3.63) is 48.0 Å². The maximum Gasteiger partial charge on any atom is 0.140 e. The van der Waals surface area contributed by atoms with E-state index in [0.29, 0.717) is 12.5 Å². The predicted octanol–water partition coefficient (Wildman–Crippen LogP) is 3.19. The molecular formula is C17H23N3O. The van der Waals surface area contributed by atoms with E-state index in [1.807, 2.05) is 0 Å². The summed E-state index contributed by atoms with van der Waals surface area (Å²) in [5.74, 6) is 0.276. The topological polar surface area (TPSA) is 61.8 Å². The van der Waals surface area contributed by atoms with E-state index < -0.39 is 0 Å². The van der Waals surface area contributed by atoms with Gasteiger partial charge < -0.3 is 10.9 Å². The van der Waals surface area contributed by atoms with Gasteiger partial charge in [-0.05, 0) is 30.2 Å². The minimum Gasteiger partial charge on any atom is -0.409 e. The SMILES string of the molecule is CC(C)N(CCC(N)=NO)Cc1cccc2ccccc12. The number of hydrogen-bond acceptors (Lipinski definition) is 3. The molecule has 0 aromatic heterocycles. The summed E-state index contributed by atoms with van der Waals surface area (Å²) in [5, 5.41) is 14.3. The van der Waals surface area contributed by atoms with E-state index in [1.165, 1.54) is 16.3 Å². The fraction of sp³-hybridized carbons (Fsp3) is 0.353. The Balaban J connectivity index is 2.19. The van der Waals surface area contributed by atoms with Gasteiger partial charge in [-0.3, -0.25) is 4.90 Å². The van der Waals surface area contributed by atoms with Gasteiger partial charge in [0, 0.05) is 25.6 Å². The molecule has 2 aromatic rings. The third-order valence-electron chi connectivity index (χ3n) is 3.77. The van der Waals surface area contributed by atoms with Gasteiger partial charge in [-0.25, -0.2) is 0 Å². The molecule has 0 bridgehead atoms. The highest BCUT2D eigenvalue weighted by molar-refractivity contribution is 5.85. The number of benzene rings is 2. The number of hydrogen-bond donors (Lipinski definition) is 2. The standard InChI is InChI=1S/C17H23N3O/c1-13(2)20(11-10-17(18)19-21)12-15-8-5-7-14-6-3-4-9-16(14)15/h3-9,13,21H,10-12H2,1-2H3,(H2,18,19). The first-order chi connectivity index (χ1) is 10.1. The molecule has 112 valence electrons. The summed E-state index contributed by atoms with van der Waals surface area (Å²) >= 11 is 0. The van der Waals surface area contributed by atoms with Crippen molar-refractivity contribution in [2.75, 3.05) is 6.54 Å². The Bertz CT molecular complexity index is 617. The maximum atomic E-state index is 8.66. The van der Waals surface area contributed by atoms with Crippen molar-refractivity contribution < 1.29 is 5.21 Å². The van der Waals surface area contributed by atoms with Crippen molar-refractivity contribution >= 4 is 16.6 Å². The van der Waals surface area contributed by atoms with Crippen LogP contribution in [0.5, 0.6) is 0 Å². The van der Waals surface area contributed by atoms with Gasteiger partial charge in [-0.2, -0.15) is 0 Å². The van der Waals surface area contributed by atoms with Crippen molar-refractivity contribution in [3.8, 4) is 0 Å². The van der Waals surface area contributed by atoms with E-state index in [9.17, 15) is 0 Å². The Labute approximate surface area is 125 Å². The molecule has 3 N–H and O–H groups in total. The summed E-state index contributed by atoms with van der Waals surface area (Å²) in [7, 11) is 0. The average Bonchev–Trinajstić information content (AvgIpc) is 2.50. The zero-order valence-electron chi connectivity index (χ0n) is 12.7. The lowest BCUT2D eigenvalue weighted by molar-refractivity contribution is 0.218. The predicted molar refractivity (Wildman–Crippen MR) is 87.5 cm³/mol. The quantitative estimate of drug-likeness (QED) is 0.371. The summed E-state index contributed by atoms with van der Waals surface area (Å²) in [6, 6.07) is 15.2. The molecule has 4 nitrogen and oxygen atoms in total. The van der Waals surface area contributed by atoms with Crippen LogP contribution in [0.1, 0.15) is 25.8 Å². The van der Waals surface area contributed by atoms with E-state index in [-0.39, 0.29) is 5.84 Å². The van der Waals surface area contributed by atoms with Crippen LogP contribution in [0.4, 0.5) is 0 Å². The van der Waals surface area contributed by atoms with E-state index in [4.69, 9.17) is 10.9 Å². The molecule has 21 heavy (non-hydrogen) atoms. The van der Waals surface area contributed by atoms with Crippen LogP contribution in [0, 0.1) is 0 Å². The Morgan fingerprint density at radius 1 is 1.19 bits per heavy atom. The first-order valence-electron chi connectivity index (χ1n) is 7.29. The van der Waals surface area contributed by atoms with Gasteiger partial charge in [0.15, 0.2) is 0 Å². The summed E-state index contributed by atoms with van der Waals surface area (Å²) in [5.41, 5.74) is 6.89. The Morgan fingerprint density at radius 2 is 1.90 bits per heavy atom. The molecule has 0 atom stereocenters. The molecule has 0 saturated carbocycles.